The Morgan fingerprint density at radius 3 is 2.04 bits per heavy atom. The molecule has 4 nitrogen and oxygen atoms in total. The van der Waals surface area contributed by atoms with Crippen molar-refractivity contribution >= 4 is 0 Å². The Hall–Kier alpha value is -0.160. The van der Waals surface area contributed by atoms with E-state index in [1.807, 2.05) is 13.8 Å². The Bertz CT molecular complexity index is 404. The fraction of sp³-hybridized carbons (Fsp3) is 1.00. The summed E-state index contributed by atoms with van der Waals surface area (Å²) in [5.74, 6) is 1.92. The Kier molecular flexibility index (Phi) is 9.56. The highest BCUT2D eigenvalue weighted by Crippen LogP contribution is 2.34. The first-order valence-electron chi connectivity index (χ1n) is 12.6. The maximum atomic E-state index is 6.47. The number of piperidine rings is 3. The van der Waals surface area contributed by atoms with Crippen LogP contribution in [-0.4, -0.2) is 73.9 Å². The lowest BCUT2D eigenvalue weighted by atomic mass is 9.84. The zero-order valence-electron chi connectivity index (χ0n) is 19.0. The van der Waals surface area contributed by atoms with Crippen LogP contribution in [0.25, 0.3) is 0 Å². The number of nitrogens with zero attached hydrogens (tertiary/aromatic N) is 2. The van der Waals surface area contributed by atoms with Crippen LogP contribution < -0.4 is 5.32 Å². The summed E-state index contributed by atoms with van der Waals surface area (Å²) in [4.78, 5) is 5.46. The molecule has 0 aromatic heterocycles. The minimum atomic E-state index is 0.538. The zero-order chi connectivity index (χ0) is 19.8. The Morgan fingerprint density at radius 2 is 1.43 bits per heavy atom. The lowest BCUT2D eigenvalue weighted by molar-refractivity contribution is -0.107. The quantitative estimate of drug-likeness (QED) is 0.734. The Balaban J connectivity index is 0.00000109. The Morgan fingerprint density at radius 1 is 0.786 bits per heavy atom. The van der Waals surface area contributed by atoms with Crippen LogP contribution in [-0.2, 0) is 4.74 Å². The molecule has 28 heavy (non-hydrogen) atoms. The van der Waals surface area contributed by atoms with Crippen molar-refractivity contribution in [3.05, 3.63) is 0 Å². The zero-order valence-corrected chi connectivity index (χ0v) is 19.0. The number of rotatable bonds is 6. The molecule has 4 heteroatoms. The van der Waals surface area contributed by atoms with Gasteiger partial charge in [-0.15, -0.1) is 0 Å². The molecule has 0 radical (unpaired) electrons. The first-order chi connectivity index (χ1) is 13.8. The minimum Gasteiger partial charge on any atom is -0.375 e. The van der Waals surface area contributed by atoms with Crippen LogP contribution in [0.5, 0.6) is 0 Å². The van der Waals surface area contributed by atoms with Gasteiger partial charge in [0, 0.05) is 25.7 Å². The molecule has 4 fully saturated rings. The van der Waals surface area contributed by atoms with Crippen molar-refractivity contribution in [1.29, 1.82) is 0 Å². The molecule has 1 aliphatic carbocycles. The summed E-state index contributed by atoms with van der Waals surface area (Å²) in [6, 6.07) is 0.831. The molecule has 1 saturated carbocycles. The van der Waals surface area contributed by atoms with Gasteiger partial charge in [0.2, 0.25) is 0 Å². The van der Waals surface area contributed by atoms with Crippen LogP contribution in [0.15, 0.2) is 0 Å². The van der Waals surface area contributed by atoms with E-state index in [1.54, 1.807) is 0 Å². The van der Waals surface area contributed by atoms with Gasteiger partial charge < -0.3 is 19.9 Å². The molecular weight excluding hydrogens is 346 g/mol. The second-order valence-electron chi connectivity index (χ2n) is 9.46. The van der Waals surface area contributed by atoms with E-state index in [1.165, 1.54) is 104 Å². The van der Waals surface area contributed by atoms with Crippen molar-refractivity contribution in [1.82, 2.24) is 15.1 Å². The fourth-order valence-electron chi connectivity index (χ4n) is 5.60. The number of likely N-dealkylation sites (tertiary alicyclic amines) is 2. The van der Waals surface area contributed by atoms with Gasteiger partial charge in [-0.2, -0.15) is 0 Å². The van der Waals surface area contributed by atoms with Gasteiger partial charge in [-0.1, -0.05) is 27.2 Å². The maximum absolute atomic E-state index is 6.47. The highest BCUT2D eigenvalue weighted by Gasteiger charge is 2.37. The molecule has 0 bridgehead atoms. The van der Waals surface area contributed by atoms with E-state index in [9.17, 15) is 0 Å². The smallest absolute Gasteiger partial charge is 0.0608 e. The predicted molar refractivity (Wildman–Crippen MR) is 119 cm³/mol. The van der Waals surface area contributed by atoms with Crippen LogP contribution in [0.4, 0.5) is 0 Å². The summed E-state index contributed by atoms with van der Waals surface area (Å²) in [5.41, 5.74) is 0. The summed E-state index contributed by atoms with van der Waals surface area (Å²) < 4.78 is 6.47. The molecular formula is C24H47N3O. The van der Waals surface area contributed by atoms with Gasteiger partial charge in [-0.3, -0.25) is 0 Å². The molecule has 3 heterocycles. The van der Waals surface area contributed by atoms with Gasteiger partial charge >= 0.3 is 0 Å². The number of hydrogen-bond donors (Lipinski definition) is 1. The second kappa shape index (κ2) is 11.9. The van der Waals surface area contributed by atoms with Gasteiger partial charge in [-0.25, -0.2) is 0 Å². The summed E-state index contributed by atoms with van der Waals surface area (Å²) in [5, 5.41) is 3.48. The van der Waals surface area contributed by atoms with Gasteiger partial charge in [0.1, 0.15) is 0 Å². The second-order valence-corrected chi connectivity index (χ2v) is 9.46. The molecule has 4 aliphatic rings. The van der Waals surface area contributed by atoms with E-state index in [2.05, 4.69) is 22.0 Å². The molecule has 0 amide bonds. The van der Waals surface area contributed by atoms with Crippen molar-refractivity contribution < 1.29 is 4.74 Å². The van der Waals surface area contributed by atoms with E-state index in [-0.39, 0.29) is 0 Å². The van der Waals surface area contributed by atoms with E-state index in [4.69, 9.17) is 4.74 Å². The van der Waals surface area contributed by atoms with Gasteiger partial charge in [0.05, 0.1) is 12.2 Å². The van der Waals surface area contributed by atoms with E-state index in [0.717, 1.165) is 17.9 Å². The van der Waals surface area contributed by atoms with E-state index >= 15 is 0 Å². The number of ether oxygens (including phenoxy) is 1. The van der Waals surface area contributed by atoms with Gasteiger partial charge in [0.15, 0.2) is 0 Å². The average Bonchev–Trinajstić information content (AvgIpc) is 2.74. The molecule has 3 aliphatic heterocycles. The summed E-state index contributed by atoms with van der Waals surface area (Å²) in [7, 11) is 0. The molecule has 0 aromatic rings. The van der Waals surface area contributed by atoms with Crippen molar-refractivity contribution in [2.45, 2.75) is 96.8 Å². The summed E-state index contributed by atoms with van der Waals surface area (Å²) in [6.07, 6.45) is 13.2. The van der Waals surface area contributed by atoms with Crippen LogP contribution in [0, 0.1) is 11.8 Å². The van der Waals surface area contributed by atoms with Crippen molar-refractivity contribution in [2.75, 3.05) is 45.8 Å². The first kappa shape index (κ1) is 22.5. The van der Waals surface area contributed by atoms with Crippen LogP contribution >= 0.6 is 0 Å². The third-order valence-electron chi connectivity index (χ3n) is 7.71. The number of nitrogens with one attached hydrogen (secondary N) is 1. The van der Waals surface area contributed by atoms with Crippen LogP contribution in [0.2, 0.25) is 0 Å². The molecule has 4 rings (SSSR count). The Labute approximate surface area is 174 Å². The summed E-state index contributed by atoms with van der Waals surface area (Å²) in [6.45, 7) is 15.3. The van der Waals surface area contributed by atoms with Crippen LogP contribution in [0.3, 0.4) is 0 Å². The molecule has 0 spiro atoms. The normalized spacial score (nSPS) is 31.8. The third kappa shape index (κ3) is 6.42. The standard InChI is InChI=1S/C22H41N3O.C2H6/c1-2-18-5-13-25(14-6-18)20-15-22(16-20)26-21-7-11-24(12-8-21)17-19-3-9-23-10-4-19;1-2/h18-23H,2-17H2,1H3;1-2H3. The maximum Gasteiger partial charge on any atom is 0.0608 e. The monoisotopic (exact) mass is 393 g/mol. The van der Waals surface area contributed by atoms with Crippen LogP contribution in [0.1, 0.15) is 78.6 Å². The topological polar surface area (TPSA) is 27.7 Å². The predicted octanol–water partition coefficient (Wildman–Crippen LogP) is 4.15. The molecule has 3 saturated heterocycles. The molecule has 1 N–H and O–H groups in total. The van der Waals surface area contributed by atoms with Crippen molar-refractivity contribution in [2.24, 2.45) is 11.8 Å². The van der Waals surface area contributed by atoms with Crippen molar-refractivity contribution in [3.63, 3.8) is 0 Å². The van der Waals surface area contributed by atoms with Gasteiger partial charge in [0.25, 0.3) is 0 Å². The highest BCUT2D eigenvalue weighted by atomic mass is 16.5. The molecule has 0 unspecified atom stereocenters. The van der Waals surface area contributed by atoms with Crippen molar-refractivity contribution in [3.8, 4) is 0 Å². The lowest BCUT2D eigenvalue weighted by Crippen LogP contribution is -2.52. The third-order valence-corrected chi connectivity index (χ3v) is 7.71. The SMILES string of the molecule is CC.CCC1CCN(C2CC(OC3CCN(CC4CCNCC4)CC3)C2)CC1. The summed E-state index contributed by atoms with van der Waals surface area (Å²) >= 11 is 0. The van der Waals surface area contributed by atoms with E-state index in [0.29, 0.717) is 12.2 Å². The van der Waals surface area contributed by atoms with Gasteiger partial charge in [-0.05, 0) is 89.4 Å². The molecule has 164 valence electrons. The number of hydrogen-bond acceptors (Lipinski definition) is 4. The van der Waals surface area contributed by atoms with E-state index < -0.39 is 0 Å². The fourth-order valence-corrected chi connectivity index (χ4v) is 5.60. The minimum absolute atomic E-state index is 0.538. The average molecular weight is 394 g/mol. The first-order valence-corrected chi connectivity index (χ1v) is 12.6. The largest absolute Gasteiger partial charge is 0.375 e. The molecule has 0 aromatic carbocycles. The molecule has 0 atom stereocenters. The lowest BCUT2D eigenvalue weighted by Gasteiger charge is -2.47. The highest BCUT2D eigenvalue weighted by molar-refractivity contribution is 4.91.